The molecule has 0 spiro atoms. The first kappa shape index (κ1) is 51.8. The second-order valence-electron chi connectivity index (χ2n) is 17.1. The highest BCUT2D eigenvalue weighted by molar-refractivity contribution is 14.1. The van der Waals surface area contributed by atoms with E-state index in [0.29, 0.717) is 54.2 Å². The average molecular weight is 1060 g/mol. The summed E-state index contributed by atoms with van der Waals surface area (Å²) >= 11 is 2.26. The number of rotatable bonds is 14. The number of hydrogen-bond acceptors (Lipinski definition) is 8. The van der Waals surface area contributed by atoms with Gasteiger partial charge in [0.25, 0.3) is 5.91 Å². The van der Waals surface area contributed by atoms with Crippen LogP contribution in [-0.4, -0.2) is 34.7 Å². The minimum Gasteiger partial charge on any atom is -0.398 e. The molecule has 1 unspecified atom stereocenters. The Labute approximate surface area is 435 Å². The molecule has 1 aliphatic heterocycles. The highest BCUT2D eigenvalue weighted by Gasteiger charge is 2.31. The summed E-state index contributed by atoms with van der Waals surface area (Å²) in [7, 11) is 0. The molecule has 1 amide bonds. The molecule has 10 heteroatoms. The Kier molecular flexibility index (Phi) is 18.5. The molecule has 1 atom stereocenters. The molecule has 0 aromatic heterocycles. The Morgan fingerprint density at radius 3 is 1.82 bits per heavy atom. The summed E-state index contributed by atoms with van der Waals surface area (Å²) in [6.45, 7) is 6.12. The smallest absolute Gasteiger partial charge is 0.255 e. The lowest BCUT2D eigenvalue weighted by molar-refractivity contribution is 0.0915. The van der Waals surface area contributed by atoms with Crippen molar-refractivity contribution in [3.8, 4) is 0 Å². The zero-order chi connectivity index (χ0) is 50.8. The van der Waals surface area contributed by atoms with Crippen molar-refractivity contribution in [1.82, 2.24) is 4.90 Å². The Bertz CT molecular complexity index is 3170. The Hall–Kier alpha value is -8.03. The highest BCUT2D eigenvalue weighted by Crippen LogP contribution is 2.38. The van der Waals surface area contributed by atoms with E-state index in [1.54, 1.807) is 30.3 Å². The summed E-state index contributed by atoms with van der Waals surface area (Å²) in [5, 5.41) is 2.77. The van der Waals surface area contributed by atoms with Crippen LogP contribution in [0.15, 0.2) is 219 Å². The van der Waals surface area contributed by atoms with E-state index >= 15 is 0 Å². The van der Waals surface area contributed by atoms with Crippen molar-refractivity contribution < 1.29 is 19.2 Å². The predicted octanol–water partition coefficient (Wildman–Crippen LogP) is 12.7. The van der Waals surface area contributed by atoms with Crippen LogP contribution in [0.1, 0.15) is 87.3 Å². The van der Waals surface area contributed by atoms with E-state index in [1.807, 2.05) is 176 Å². The van der Waals surface area contributed by atoms with Crippen LogP contribution < -0.4 is 22.5 Å². The normalized spacial score (nSPS) is 12.9. The van der Waals surface area contributed by atoms with E-state index < -0.39 is 0 Å². The molecule has 0 saturated heterocycles. The maximum Gasteiger partial charge on any atom is 0.255 e. The van der Waals surface area contributed by atoms with E-state index in [4.69, 9.17) is 17.2 Å². The van der Waals surface area contributed by atoms with Crippen LogP contribution in [0.3, 0.4) is 0 Å². The number of Topliss-reactive ketones (excluding diaryl/α,β-unsaturated/α-hetero) is 2. The Balaban J connectivity index is 0.000000180. The minimum absolute atomic E-state index is 0.0326. The van der Waals surface area contributed by atoms with Crippen LogP contribution >= 0.6 is 22.6 Å². The van der Waals surface area contributed by atoms with Gasteiger partial charge in [0.1, 0.15) is 0 Å². The van der Waals surface area contributed by atoms with Crippen molar-refractivity contribution in [3.63, 3.8) is 0 Å². The monoisotopic (exact) mass is 1060 g/mol. The number of ketones is 3. The number of carbonyl (C=O) groups is 4. The standard InChI is InChI=1S/C33H30N2O2.C15H11IO.C14H15N3O/c1-23-21-35(22-24-15-17-26(18-16-24)32(36)19-27-11-5-8-14-30(27)34)31(29-13-7-6-12-28(23)29)20-33(37)25-9-3-2-4-10-25;16-14-9-5-4-6-12(14)10-11-15(17)13-7-2-1-3-8-13;15-9-10-5-7-11(8-6-10)14(18)17-13-4-2-1-3-12(13)16/h2-18,31H,1,19-22,34H2;1-11H;1-8H,9,15-16H2,(H,17,18). The molecule has 8 aromatic carbocycles. The molecule has 0 radical (unpaired) electrons. The van der Waals surface area contributed by atoms with Gasteiger partial charge in [0.05, 0.1) is 11.4 Å². The summed E-state index contributed by atoms with van der Waals surface area (Å²) in [4.78, 5) is 52.2. The second kappa shape index (κ2) is 25.7. The molecule has 0 aliphatic carbocycles. The van der Waals surface area contributed by atoms with Crippen molar-refractivity contribution in [3.05, 3.63) is 278 Å². The van der Waals surface area contributed by atoms with Crippen molar-refractivity contribution in [1.29, 1.82) is 0 Å². The Morgan fingerprint density at radius 2 is 1.15 bits per heavy atom. The molecule has 0 bridgehead atoms. The molecular formula is C62H56IN5O4. The molecule has 1 aliphatic rings. The quantitative estimate of drug-likeness (QED) is 0.0362. The van der Waals surface area contributed by atoms with Crippen LogP contribution in [0.25, 0.3) is 11.6 Å². The fourth-order valence-corrected chi connectivity index (χ4v) is 8.71. The maximum atomic E-state index is 13.2. The van der Waals surface area contributed by atoms with Gasteiger partial charge in [-0.3, -0.25) is 24.1 Å². The number of nitrogen functional groups attached to an aromatic ring is 2. The first-order valence-corrected chi connectivity index (χ1v) is 24.6. The lowest BCUT2D eigenvalue weighted by Gasteiger charge is -2.38. The number of benzene rings is 8. The van der Waals surface area contributed by atoms with Gasteiger partial charge in [0.2, 0.25) is 0 Å². The van der Waals surface area contributed by atoms with Crippen molar-refractivity contribution in [2.45, 2.75) is 32.0 Å². The summed E-state index contributed by atoms with van der Waals surface area (Å²) in [5.41, 5.74) is 29.1. The van der Waals surface area contributed by atoms with Gasteiger partial charge in [-0.2, -0.15) is 0 Å². The minimum atomic E-state index is -0.184. The molecule has 0 fully saturated rings. The topological polar surface area (TPSA) is 162 Å². The zero-order valence-corrected chi connectivity index (χ0v) is 42.0. The van der Waals surface area contributed by atoms with Crippen molar-refractivity contribution >= 4 is 74.6 Å². The molecule has 0 saturated carbocycles. The summed E-state index contributed by atoms with van der Waals surface area (Å²) in [6, 6.07) is 64.5. The lowest BCUT2D eigenvalue weighted by Crippen LogP contribution is -2.35. The number of anilines is 3. The number of nitrogens with two attached hydrogens (primary N) is 3. The number of allylic oxidation sites excluding steroid dienone is 1. The third-order valence-corrected chi connectivity index (χ3v) is 13.1. The van der Waals surface area contributed by atoms with E-state index in [9.17, 15) is 19.2 Å². The Morgan fingerprint density at radius 1 is 0.597 bits per heavy atom. The average Bonchev–Trinajstić information content (AvgIpc) is 3.41. The van der Waals surface area contributed by atoms with Gasteiger partial charge in [-0.15, -0.1) is 0 Å². The van der Waals surface area contributed by atoms with Crippen molar-refractivity contribution in [2.75, 3.05) is 23.3 Å². The van der Waals surface area contributed by atoms with Crippen LogP contribution in [0.2, 0.25) is 0 Å². The molecule has 360 valence electrons. The molecule has 7 N–H and O–H groups in total. The SMILES string of the molecule is C=C1CN(Cc2ccc(C(=O)Cc3ccccc3N)cc2)C(CC(=O)c2ccccc2)c2ccccc21.NCc1ccc(C(=O)Nc2ccccc2N)cc1.O=C(C=Cc1ccccc1I)c1ccccc1. The second-order valence-corrected chi connectivity index (χ2v) is 18.3. The third-order valence-electron chi connectivity index (χ3n) is 12.1. The summed E-state index contributed by atoms with van der Waals surface area (Å²) in [6.07, 6.45) is 4.14. The number of carbonyl (C=O) groups excluding carboxylic acids is 4. The largest absolute Gasteiger partial charge is 0.398 e. The van der Waals surface area contributed by atoms with Crippen LogP contribution in [0, 0.1) is 3.57 Å². The van der Waals surface area contributed by atoms with Crippen LogP contribution in [0.5, 0.6) is 0 Å². The van der Waals surface area contributed by atoms with Gasteiger partial charge >= 0.3 is 0 Å². The first-order chi connectivity index (χ1) is 35.0. The molecule has 8 aromatic rings. The summed E-state index contributed by atoms with van der Waals surface area (Å²) < 4.78 is 1.14. The van der Waals surface area contributed by atoms with E-state index in [2.05, 4.69) is 51.5 Å². The van der Waals surface area contributed by atoms with Gasteiger partial charge in [-0.25, -0.2) is 0 Å². The highest BCUT2D eigenvalue weighted by atomic mass is 127. The number of halogens is 1. The van der Waals surface area contributed by atoms with Gasteiger partial charge in [0, 0.05) is 70.0 Å². The van der Waals surface area contributed by atoms with Crippen LogP contribution in [0.4, 0.5) is 17.1 Å². The number of para-hydroxylation sites is 3. The molecule has 72 heavy (non-hydrogen) atoms. The maximum absolute atomic E-state index is 13.2. The fourth-order valence-electron chi connectivity index (χ4n) is 8.14. The van der Waals surface area contributed by atoms with Gasteiger partial charge in [0.15, 0.2) is 17.3 Å². The number of hydrogen-bond donors (Lipinski definition) is 4. The molecule has 9 nitrogen and oxygen atoms in total. The molecule has 9 rings (SSSR count). The number of nitrogens with zero attached hydrogens (tertiary/aromatic N) is 1. The number of amides is 1. The lowest BCUT2D eigenvalue weighted by atomic mass is 9.86. The first-order valence-electron chi connectivity index (χ1n) is 23.5. The molecule has 1 heterocycles. The number of nitrogens with one attached hydrogen (secondary N) is 1. The number of fused-ring (bicyclic) bond motifs is 1. The van der Waals surface area contributed by atoms with Crippen LogP contribution in [-0.2, 0) is 19.5 Å². The van der Waals surface area contributed by atoms with Gasteiger partial charge < -0.3 is 22.5 Å². The van der Waals surface area contributed by atoms with Gasteiger partial charge in [-0.1, -0.05) is 183 Å². The fraction of sp³-hybridized carbons (Fsp3) is 0.0968. The zero-order valence-electron chi connectivity index (χ0n) is 39.8. The molecular weight excluding hydrogens is 1010 g/mol. The van der Waals surface area contributed by atoms with E-state index in [-0.39, 0.29) is 35.7 Å². The third kappa shape index (κ3) is 14.3. The van der Waals surface area contributed by atoms with E-state index in [1.165, 1.54) is 0 Å². The van der Waals surface area contributed by atoms with Crippen molar-refractivity contribution in [2.24, 2.45) is 5.73 Å². The van der Waals surface area contributed by atoms with Gasteiger partial charge in [-0.05, 0) is 104 Å². The predicted molar refractivity (Wildman–Crippen MR) is 301 cm³/mol. The summed E-state index contributed by atoms with van der Waals surface area (Å²) in [5.74, 6) is 0.0110. The van der Waals surface area contributed by atoms with E-state index in [0.717, 1.165) is 53.7 Å².